The molecule has 1 saturated heterocycles. The summed E-state index contributed by atoms with van der Waals surface area (Å²) in [6, 6.07) is 10.1. The predicted octanol–water partition coefficient (Wildman–Crippen LogP) is 2.67. The molecule has 2 amide bonds. The molecule has 0 bridgehead atoms. The SMILES string of the molecule is Cc1c(C)c(=O)[nH][n+](OC(=O)C(F)(F)F)c1Cc1ccc(F)c(C(=O)N2CCN(c3ccc(Cl)cc3)C(=O)C2)c1. The number of nitrogens with one attached hydrogen (secondary N) is 1. The number of piperazine rings is 1. The van der Waals surface area contributed by atoms with Crippen LogP contribution in [-0.4, -0.2) is 53.6 Å². The number of hydrogen-bond donors (Lipinski definition) is 1. The van der Waals surface area contributed by atoms with E-state index in [1.54, 1.807) is 24.3 Å². The Kier molecular flexibility index (Phi) is 7.96. The molecule has 1 aromatic heterocycles. The highest BCUT2D eigenvalue weighted by molar-refractivity contribution is 6.30. The molecule has 0 aliphatic carbocycles. The van der Waals surface area contributed by atoms with E-state index >= 15 is 0 Å². The highest BCUT2D eigenvalue weighted by atomic mass is 35.5. The number of benzene rings is 2. The Bertz CT molecular complexity index is 1560. The number of carbonyl (C=O) groups excluding carboxylic acids is 3. The highest BCUT2D eigenvalue weighted by Gasteiger charge is 2.46. The van der Waals surface area contributed by atoms with E-state index < -0.39 is 29.4 Å². The molecule has 1 aliphatic heterocycles. The Morgan fingerprint density at radius 2 is 1.73 bits per heavy atom. The Balaban J connectivity index is 1.58. The summed E-state index contributed by atoms with van der Waals surface area (Å²) in [7, 11) is 0. The Labute approximate surface area is 229 Å². The first kappa shape index (κ1) is 28.7. The van der Waals surface area contributed by atoms with Crippen molar-refractivity contribution in [3.63, 3.8) is 0 Å². The van der Waals surface area contributed by atoms with E-state index in [1.165, 1.54) is 35.8 Å². The van der Waals surface area contributed by atoms with Crippen LogP contribution in [-0.2, 0) is 16.0 Å². The van der Waals surface area contributed by atoms with Crippen molar-refractivity contribution in [2.75, 3.05) is 24.5 Å². The van der Waals surface area contributed by atoms with Gasteiger partial charge in [0.1, 0.15) is 17.2 Å². The van der Waals surface area contributed by atoms with Crippen LogP contribution in [0.25, 0.3) is 0 Å². The molecular formula is C26H22ClF4N4O5+. The van der Waals surface area contributed by atoms with Crippen molar-refractivity contribution in [2.24, 2.45) is 0 Å². The summed E-state index contributed by atoms with van der Waals surface area (Å²) in [5.74, 6) is -4.57. The Morgan fingerprint density at radius 3 is 2.35 bits per heavy atom. The summed E-state index contributed by atoms with van der Waals surface area (Å²) in [6.45, 7) is 2.83. The molecule has 0 spiro atoms. The van der Waals surface area contributed by atoms with Crippen molar-refractivity contribution in [3.05, 3.63) is 91.6 Å². The van der Waals surface area contributed by atoms with Crippen molar-refractivity contribution in [1.29, 1.82) is 0 Å². The number of alkyl halides is 3. The van der Waals surface area contributed by atoms with Crippen molar-refractivity contribution in [1.82, 2.24) is 10.00 Å². The van der Waals surface area contributed by atoms with E-state index in [4.69, 9.17) is 11.6 Å². The second-order valence-electron chi connectivity index (χ2n) is 9.05. The van der Waals surface area contributed by atoms with Crippen molar-refractivity contribution in [2.45, 2.75) is 26.4 Å². The van der Waals surface area contributed by atoms with Crippen LogP contribution in [0.1, 0.15) is 32.7 Å². The largest absolute Gasteiger partial charge is 0.498 e. The van der Waals surface area contributed by atoms with Crippen molar-refractivity contribution >= 4 is 35.1 Å². The van der Waals surface area contributed by atoms with Crippen LogP contribution < -0.4 is 20.1 Å². The number of nitrogens with zero attached hydrogens (tertiary/aromatic N) is 3. The van der Waals surface area contributed by atoms with Crippen molar-refractivity contribution < 1.29 is 41.6 Å². The lowest BCUT2D eigenvalue weighted by atomic mass is 10.0. The van der Waals surface area contributed by atoms with Crippen LogP contribution >= 0.6 is 11.6 Å². The maximum absolute atomic E-state index is 14.8. The van der Waals surface area contributed by atoms with E-state index in [0.717, 1.165) is 6.07 Å². The quantitative estimate of drug-likeness (QED) is 0.369. The second-order valence-corrected chi connectivity index (χ2v) is 9.48. The molecule has 4 rings (SSSR count). The molecule has 0 atom stereocenters. The van der Waals surface area contributed by atoms with Gasteiger partial charge in [0.05, 0.1) is 12.0 Å². The molecule has 9 nitrogen and oxygen atoms in total. The fraction of sp³-hybridized carbons (Fsp3) is 0.269. The lowest BCUT2D eigenvalue weighted by molar-refractivity contribution is -0.921. The molecule has 3 aromatic rings. The number of H-pyrrole nitrogens is 1. The van der Waals surface area contributed by atoms with Gasteiger partial charge in [0, 0.05) is 34.9 Å². The first-order chi connectivity index (χ1) is 18.8. The lowest BCUT2D eigenvalue weighted by Gasteiger charge is -2.34. The number of halogens is 5. The average molecular weight is 582 g/mol. The maximum Gasteiger partial charge on any atom is 0.498 e. The number of hydrogen-bond acceptors (Lipinski definition) is 5. The molecule has 2 aromatic carbocycles. The normalized spacial score (nSPS) is 13.9. The minimum absolute atomic E-state index is 0.0357. The maximum atomic E-state index is 14.8. The molecule has 0 unspecified atom stereocenters. The van der Waals surface area contributed by atoms with Crippen LogP contribution in [0.4, 0.5) is 23.2 Å². The highest BCUT2D eigenvalue weighted by Crippen LogP contribution is 2.22. The summed E-state index contributed by atoms with van der Waals surface area (Å²) >= 11 is 5.89. The van der Waals surface area contributed by atoms with Gasteiger partial charge in [-0.1, -0.05) is 22.8 Å². The first-order valence-corrected chi connectivity index (χ1v) is 12.2. The van der Waals surface area contributed by atoms with Gasteiger partial charge in [-0.25, -0.2) is 9.18 Å². The topological polar surface area (TPSA) is 104 Å². The molecule has 1 fully saturated rings. The minimum Gasteiger partial charge on any atom is -0.327 e. The number of aromatic amines is 1. The van der Waals surface area contributed by atoms with E-state index in [9.17, 15) is 36.7 Å². The van der Waals surface area contributed by atoms with E-state index in [2.05, 4.69) is 9.94 Å². The minimum atomic E-state index is -5.33. The van der Waals surface area contributed by atoms with Gasteiger partial charge in [-0.3, -0.25) is 14.4 Å². The number of carbonyl (C=O) groups is 3. The van der Waals surface area contributed by atoms with Crippen LogP contribution in [0.3, 0.4) is 0 Å². The molecule has 1 N–H and O–H groups in total. The predicted molar refractivity (Wildman–Crippen MR) is 133 cm³/mol. The third-order valence-electron chi connectivity index (χ3n) is 6.47. The molecule has 40 heavy (non-hydrogen) atoms. The average Bonchev–Trinajstić information content (AvgIpc) is 2.90. The molecule has 0 saturated carbocycles. The van der Waals surface area contributed by atoms with E-state index in [-0.39, 0.29) is 59.9 Å². The fourth-order valence-corrected chi connectivity index (χ4v) is 4.28. The van der Waals surface area contributed by atoms with Gasteiger partial charge in [0.15, 0.2) is 0 Å². The zero-order valence-electron chi connectivity index (χ0n) is 21.1. The zero-order valence-corrected chi connectivity index (χ0v) is 21.9. The fourth-order valence-electron chi connectivity index (χ4n) is 4.15. The van der Waals surface area contributed by atoms with E-state index in [1.807, 2.05) is 0 Å². The standard InChI is InChI=1S/C26H21ClF4N4O5/c1-14-15(2)23(37)32-35(40-25(39)26(29,30)31)21(14)12-16-3-8-20(28)19(11-16)24(38)33-9-10-34(22(36)13-33)18-6-4-17(27)5-7-18/h3-8,11H,9-10,12-13H2,1-2H3/p+1. The van der Waals surface area contributed by atoms with E-state index in [0.29, 0.717) is 15.6 Å². The monoisotopic (exact) mass is 581 g/mol. The van der Waals surface area contributed by atoms with Gasteiger partial charge in [0.25, 0.3) is 11.6 Å². The van der Waals surface area contributed by atoms with Gasteiger partial charge < -0.3 is 9.80 Å². The summed E-state index contributed by atoms with van der Waals surface area (Å²) in [5, 5.41) is 2.55. The van der Waals surface area contributed by atoms with Crippen LogP contribution in [0.2, 0.25) is 5.02 Å². The first-order valence-electron chi connectivity index (χ1n) is 11.8. The Hall–Kier alpha value is -4.26. The molecule has 14 heteroatoms. The lowest BCUT2D eigenvalue weighted by Crippen LogP contribution is -2.58. The molecule has 0 radical (unpaired) electrons. The summed E-state index contributed by atoms with van der Waals surface area (Å²) in [6.07, 6.45) is -5.57. The second kappa shape index (κ2) is 11.1. The molecule has 2 heterocycles. The number of amides is 2. The number of aromatic nitrogens is 2. The summed E-state index contributed by atoms with van der Waals surface area (Å²) < 4.78 is 53.2. The molecular weight excluding hydrogens is 560 g/mol. The molecule has 210 valence electrons. The molecule has 1 aliphatic rings. The van der Waals surface area contributed by atoms with Gasteiger partial charge >= 0.3 is 17.7 Å². The van der Waals surface area contributed by atoms with Crippen molar-refractivity contribution in [3.8, 4) is 0 Å². The summed E-state index contributed by atoms with van der Waals surface area (Å²) in [4.78, 5) is 56.9. The zero-order chi connectivity index (χ0) is 29.4. The van der Waals surface area contributed by atoms with Crippen LogP contribution in [0.5, 0.6) is 0 Å². The van der Waals surface area contributed by atoms with Gasteiger partial charge in [-0.05, 0) is 55.8 Å². The smallest absolute Gasteiger partial charge is 0.327 e. The Morgan fingerprint density at radius 1 is 1.05 bits per heavy atom. The third kappa shape index (κ3) is 5.98. The van der Waals surface area contributed by atoms with Crippen LogP contribution in [0.15, 0.2) is 47.3 Å². The van der Waals surface area contributed by atoms with Gasteiger partial charge in [0.2, 0.25) is 5.91 Å². The van der Waals surface area contributed by atoms with Gasteiger partial charge in [-0.2, -0.15) is 18.0 Å². The number of rotatable bonds is 5. The number of anilines is 1. The third-order valence-corrected chi connectivity index (χ3v) is 6.72. The summed E-state index contributed by atoms with van der Waals surface area (Å²) in [5.41, 5.74) is 0.0654. The van der Waals surface area contributed by atoms with Crippen LogP contribution in [0, 0.1) is 19.7 Å². The van der Waals surface area contributed by atoms with Gasteiger partial charge in [-0.15, -0.1) is 0 Å².